The highest BCUT2D eigenvalue weighted by Crippen LogP contribution is 2.14. The highest BCUT2D eigenvalue weighted by molar-refractivity contribution is 6.02. The number of nitrogens with zero attached hydrogens (tertiary/aromatic N) is 1. The van der Waals surface area contributed by atoms with E-state index in [0.29, 0.717) is 17.9 Å². The third-order valence-corrected chi connectivity index (χ3v) is 3.27. The predicted molar refractivity (Wildman–Crippen MR) is 86.2 cm³/mol. The second-order valence-corrected chi connectivity index (χ2v) is 5.33. The first kappa shape index (κ1) is 16.5. The third-order valence-electron chi connectivity index (χ3n) is 3.27. The fourth-order valence-corrected chi connectivity index (χ4v) is 1.84. The fourth-order valence-electron chi connectivity index (χ4n) is 1.84. The topological polar surface area (TPSA) is 96.1 Å². The zero-order chi connectivity index (χ0) is 16.8. The third kappa shape index (κ3) is 4.32. The fraction of sp³-hybridized carbons (Fsp3) is 0.312. The molecule has 3 N–H and O–H groups in total. The Bertz CT molecular complexity index is 677. The molecule has 0 aliphatic rings. The molecule has 1 heterocycles. The van der Waals surface area contributed by atoms with Crippen LogP contribution in [0, 0.1) is 5.92 Å². The number of ether oxygens (including phenoxy) is 1. The number of benzene rings is 1. The van der Waals surface area contributed by atoms with Crippen molar-refractivity contribution in [3.63, 3.8) is 0 Å². The first-order valence-corrected chi connectivity index (χ1v) is 7.26. The van der Waals surface area contributed by atoms with E-state index in [-0.39, 0.29) is 17.7 Å². The largest absolute Gasteiger partial charge is 0.497 e. The molecular formula is C16H20N4O3. The van der Waals surface area contributed by atoms with Crippen molar-refractivity contribution in [2.45, 2.75) is 20.4 Å². The van der Waals surface area contributed by atoms with Crippen LogP contribution >= 0.6 is 0 Å². The van der Waals surface area contributed by atoms with Crippen molar-refractivity contribution < 1.29 is 14.3 Å². The number of carbonyl (C=O) groups excluding carboxylic acids is 2. The number of carbonyl (C=O) groups is 2. The van der Waals surface area contributed by atoms with Gasteiger partial charge in [0, 0.05) is 12.5 Å². The second-order valence-electron chi connectivity index (χ2n) is 5.33. The van der Waals surface area contributed by atoms with E-state index < -0.39 is 0 Å². The predicted octanol–water partition coefficient (Wildman–Crippen LogP) is 1.94. The van der Waals surface area contributed by atoms with Gasteiger partial charge in [0.05, 0.1) is 13.3 Å². The Morgan fingerprint density at radius 1 is 1.26 bits per heavy atom. The molecule has 2 amide bonds. The Balaban J connectivity index is 1.98. The van der Waals surface area contributed by atoms with E-state index in [4.69, 9.17) is 4.74 Å². The summed E-state index contributed by atoms with van der Waals surface area (Å²) in [4.78, 5) is 23.9. The number of aromatic nitrogens is 2. The van der Waals surface area contributed by atoms with Gasteiger partial charge in [-0.2, -0.15) is 5.10 Å². The van der Waals surface area contributed by atoms with Crippen LogP contribution in [-0.4, -0.2) is 29.1 Å². The molecule has 0 saturated carbocycles. The summed E-state index contributed by atoms with van der Waals surface area (Å²) in [6.45, 7) is 3.91. The Morgan fingerprint density at radius 2 is 1.96 bits per heavy atom. The molecule has 2 aromatic rings. The van der Waals surface area contributed by atoms with Gasteiger partial charge in [0.15, 0.2) is 0 Å². The number of hydrogen-bond donors (Lipinski definition) is 3. The molecule has 0 atom stereocenters. The minimum Gasteiger partial charge on any atom is -0.497 e. The van der Waals surface area contributed by atoms with Gasteiger partial charge in [0.1, 0.15) is 17.1 Å². The van der Waals surface area contributed by atoms with E-state index in [2.05, 4.69) is 20.8 Å². The summed E-state index contributed by atoms with van der Waals surface area (Å²) in [5.41, 5.74) is 1.24. The number of nitrogens with one attached hydrogen (secondary N) is 3. The van der Waals surface area contributed by atoms with Crippen molar-refractivity contribution in [2.24, 2.45) is 5.92 Å². The molecule has 0 aliphatic carbocycles. The molecule has 7 nitrogen and oxygen atoms in total. The quantitative estimate of drug-likeness (QED) is 0.759. The van der Waals surface area contributed by atoms with E-state index in [9.17, 15) is 9.59 Å². The van der Waals surface area contributed by atoms with Crippen molar-refractivity contribution >= 4 is 17.6 Å². The second kappa shape index (κ2) is 7.44. The summed E-state index contributed by atoms with van der Waals surface area (Å²) in [5, 5.41) is 11.9. The van der Waals surface area contributed by atoms with Crippen molar-refractivity contribution in [3.8, 4) is 5.75 Å². The van der Waals surface area contributed by atoms with Crippen LogP contribution in [0.1, 0.15) is 29.8 Å². The summed E-state index contributed by atoms with van der Waals surface area (Å²) in [6.07, 6.45) is 1.39. The van der Waals surface area contributed by atoms with Gasteiger partial charge in [-0.15, -0.1) is 0 Å². The average molecular weight is 316 g/mol. The number of anilines is 1. The molecule has 1 aromatic carbocycles. The van der Waals surface area contributed by atoms with Gasteiger partial charge < -0.3 is 15.4 Å². The molecular weight excluding hydrogens is 296 g/mol. The number of amides is 2. The van der Waals surface area contributed by atoms with Crippen LogP contribution in [-0.2, 0) is 11.3 Å². The maximum Gasteiger partial charge on any atom is 0.256 e. The van der Waals surface area contributed by atoms with E-state index in [1.54, 1.807) is 21.0 Å². The monoisotopic (exact) mass is 316 g/mol. The van der Waals surface area contributed by atoms with E-state index >= 15 is 0 Å². The lowest BCUT2D eigenvalue weighted by atomic mass is 10.2. The molecule has 0 aliphatic heterocycles. The molecule has 0 radical (unpaired) electrons. The van der Waals surface area contributed by atoms with Gasteiger partial charge in [-0.05, 0) is 17.7 Å². The smallest absolute Gasteiger partial charge is 0.256 e. The number of aromatic amines is 1. The van der Waals surface area contributed by atoms with Crippen LogP contribution in [0.5, 0.6) is 5.75 Å². The highest BCUT2D eigenvalue weighted by Gasteiger charge is 2.16. The summed E-state index contributed by atoms with van der Waals surface area (Å²) in [5.74, 6) is 0.380. The molecule has 0 fully saturated rings. The minimum atomic E-state index is -0.311. The zero-order valence-corrected chi connectivity index (χ0v) is 13.3. The summed E-state index contributed by atoms with van der Waals surface area (Å²) in [6, 6.07) is 7.40. The SMILES string of the molecule is COc1ccc(CNC(=O)c2cn[nH]c2NC(=O)C(C)C)cc1. The highest BCUT2D eigenvalue weighted by atomic mass is 16.5. The molecule has 0 bridgehead atoms. The first-order valence-electron chi connectivity index (χ1n) is 7.26. The van der Waals surface area contributed by atoms with Crippen LogP contribution in [0.4, 0.5) is 5.82 Å². The molecule has 1 aromatic heterocycles. The Kier molecular flexibility index (Phi) is 5.35. The summed E-state index contributed by atoms with van der Waals surface area (Å²) < 4.78 is 5.09. The van der Waals surface area contributed by atoms with Gasteiger partial charge in [-0.25, -0.2) is 0 Å². The van der Waals surface area contributed by atoms with Gasteiger partial charge in [-0.1, -0.05) is 26.0 Å². The summed E-state index contributed by atoms with van der Waals surface area (Å²) in [7, 11) is 1.60. The first-order chi connectivity index (χ1) is 11.0. The Hall–Kier alpha value is -2.83. The van der Waals surface area contributed by atoms with Crippen LogP contribution in [0.25, 0.3) is 0 Å². The lowest BCUT2D eigenvalue weighted by Crippen LogP contribution is -2.25. The Morgan fingerprint density at radius 3 is 2.57 bits per heavy atom. The number of methoxy groups -OCH3 is 1. The van der Waals surface area contributed by atoms with Crippen LogP contribution < -0.4 is 15.4 Å². The lowest BCUT2D eigenvalue weighted by Gasteiger charge is -2.09. The molecule has 0 unspecified atom stereocenters. The molecule has 7 heteroatoms. The molecule has 0 saturated heterocycles. The molecule has 23 heavy (non-hydrogen) atoms. The van der Waals surface area contributed by atoms with Crippen LogP contribution in [0.15, 0.2) is 30.5 Å². The van der Waals surface area contributed by atoms with Crippen molar-refractivity contribution in [2.75, 3.05) is 12.4 Å². The van der Waals surface area contributed by atoms with Crippen LogP contribution in [0.2, 0.25) is 0 Å². The van der Waals surface area contributed by atoms with E-state index in [1.165, 1.54) is 6.20 Å². The number of rotatable bonds is 6. The zero-order valence-electron chi connectivity index (χ0n) is 13.3. The van der Waals surface area contributed by atoms with Crippen molar-refractivity contribution in [1.29, 1.82) is 0 Å². The van der Waals surface area contributed by atoms with E-state index in [1.807, 2.05) is 24.3 Å². The van der Waals surface area contributed by atoms with Gasteiger partial charge >= 0.3 is 0 Å². The number of hydrogen-bond acceptors (Lipinski definition) is 4. The molecule has 122 valence electrons. The summed E-state index contributed by atoms with van der Waals surface area (Å²) >= 11 is 0. The van der Waals surface area contributed by atoms with Gasteiger partial charge in [0.2, 0.25) is 5.91 Å². The lowest BCUT2D eigenvalue weighted by molar-refractivity contribution is -0.118. The van der Waals surface area contributed by atoms with Crippen molar-refractivity contribution in [3.05, 3.63) is 41.6 Å². The standard InChI is InChI=1S/C16H20N4O3/c1-10(2)15(21)19-14-13(9-18-20-14)16(22)17-8-11-4-6-12(23-3)7-5-11/h4-7,9-10H,8H2,1-3H3,(H,17,22)(H2,18,19,20,21). The normalized spacial score (nSPS) is 10.4. The molecule has 0 spiro atoms. The van der Waals surface area contributed by atoms with E-state index in [0.717, 1.165) is 11.3 Å². The van der Waals surface area contributed by atoms with Crippen LogP contribution in [0.3, 0.4) is 0 Å². The molecule has 2 rings (SSSR count). The van der Waals surface area contributed by atoms with Gasteiger partial charge in [0.25, 0.3) is 5.91 Å². The maximum absolute atomic E-state index is 12.2. The number of H-pyrrole nitrogens is 1. The Labute approximate surface area is 134 Å². The van der Waals surface area contributed by atoms with Gasteiger partial charge in [-0.3, -0.25) is 14.7 Å². The minimum absolute atomic E-state index is 0.182. The maximum atomic E-state index is 12.2. The van der Waals surface area contributed by atoms with Crippen molar-refractivity contribution in [1.82, 2.24) is 15.5 Å². The average Bonchev–Trinajstić information content (AvgIpc) is 3.01.